The average molecular weight is 378 g/mol. The number of benzene rings is 1. The molecule has 5 N–H and O–H groups in total. The third-order valence-electron chi connectivity index (χ3n) is 5.06. The summed E-state index contributed by atoms with van der Waals surface area (Å²) in [6, 6.07) is 5.23. The van der Waals surface area contributed by atoms with E-state index in [1.807, 2.05) is 13.8 Å². The molecule has 1 aromatic rings. The van der Waals surface area contributed by atoms with E-state index in [9.17, 15) is 14.7 Å². The van der Waals surface area contributed by atoms with Crippen molar-refractivity contribution in [1.29, 1.82) is 0 Å². The maximum absolute atomic E-state index is 13.1. The first kappa shape index (κ1) is 23.0. The van der Waals surface area contributed by atoms with Gasteiger partial charge in [0.1, 0.15) is 11.8 Å². The second-order valence-electron chi connectivity index (χ2n) is 7.30. The van der Waals surface area contributed by atoms with Gasteiger partial charge >= 0.3 is 0 Å². The molecule has 27 heavy (non-hydrogen) atoms. The van der Waals surface area contributed by atoms with Gasteiger partial charge in [-0.2, -0.15) is 0 Å². The van der Waals surface area contributed by atoms with Crippen LogP contribution in [0.4, 0.5) is 0 Å². The fourth-order valence-electron chi connectivity index (χ4n) is 3.25. The number of phenols is 1. The fraction of sp³-hybridized carbons (Fsp3) is 0.619. The number of carbonyl (C=O) groups excluding carboxylic acids is 2. The molecule has 3 unspecified atom stereocenters. The van der Waals surface area contributed by atoms with Crippen LogP contribution in [0.5, 0.6) is 5.75 Å². The molecule has 0 saturated heterocycles. The molecule has 3 atom stereocenters. The van der Waals surface area contributed by atoms with Gasteiger partial charge in [-0.3, -0.25) is 9.59 Å². The predicted octanol–water partition coefficient (Wildman–Crippen LogP) is 2.57. The lowest BCUT2D eigenvalue weighted by molar-refractivity contribution is -0.142. The molecule has 2 amide bonds. The molecular weight excluding hydrogens is 342 g/mol. The lowest BCUT2D eigenvalue weighted by Crippen LogP contribution is -2.56. The Labute approximate surface area is 162 Å². The van der Waals surface area contributed by atoms with E-state index in [4.69, 9.17) is 11.5 Å². The van der Waals surface area contributed by atoms with Crippen LogP contribution in [0.1, 0.15) is 58.4 Å². The van der Waals surface area contributed by atoms with Gasteiger partial charge in [0.25, 0.3) is 0 Å². The van der Waals surface area contributed by atoms with E-state index in [0.29, 0.717) is 13.0 Å². The summed E-state index contributed by atoms with van der Waals surface area (Å²) in [6.07, 6.45) is 5.10. The molecule has 0 spiro atoms. The lowest BCUT2D eigenvalue weighted by atomic mass is 9.95. The van der Waals surface area contributed by atoms with E-state index in [-0.39, 0.29) is 17.6 Å². The highest BCUT2D eigenvalue weighted by atomic mass is 16.3. The highest BCUT2D eigenvalue weighted by molar-refractivity contribution is 5.89. The number of hydrogen-bond donors (Lipinski definition) is 3. The third kappa shape index (κ3) is 7.21. The molecule has 0 heterocycles. The van der Waals surface area contributed by atoms with Crippen LogP contribution < -0.4 is 11.5 Å². The molecule has 0 aliphatic rings. The third-order valence-corrected chi connectivity index (χ3v) is 5.06. The second-order valence-corrected chi connectivity index (χ2v) is 7.30. The Morgan fingerprint density at radius 2 is 1.74 bits per heavy atom. The van der Waals surface area contributed by atoms with Crippen molar-refractivity contribution in [3.63, 3.8) is 0 Å². The van der Waals surface area contributed by atoms with E-state index in [2.05, 4.69) is 6.92 Å². The second kappa shape index (κ2) is 11.6. The van der Waals surface area contributed by atoms with Crippen molar-refractivity contribution >= 4 is 11.8 Å². The molecule has 0 bridgehead atoms. The Kier molecular flexibility index (Phi) is 9.86. The molecule has 0 aliphatic heterocycles. The minimum atomic E-state index is -0.758. The van der Waals surface area contributed by atoms with Gasteiger partial charge in [0.05, 0.1) is 6.04 Å². The van der Waals surface area contributed by atoms with E-state index < -0.39 is 18.0 Å². The first-order chi connectivity index (χ1) is 12.8. The molecule has 1 aromatic carbocycles. The molecule has 6 heteroatoms. The highest BCUT2D eigenvalue weighted by Gasteiger charge is 2.34. The number of phenolic OH excluding ortho intramolecular Hbond substituents is 1. The van der Waals surface area contributed by atoms with Crippen molar-refractivity contribution in [2.45, 2.75) is 71.4 Å². The number of primary amides is 1. The van der Waals surface area contributed by atoms with Crippen LogP contribution in [-0.4, -0.2) is 40.4 Å². The summed E-state index contributed by atoms with van der Waals surface area (Å²) in [5.41, 5.74) is 12.7. The van der Waals surface area contributed by atoms with Gasteiger partial charge < -0.3 is 21.5 Å². The Morgan fingerprint density at radius 1 is 1.11 bits per heavy atom. The van der Waals surface area contributed by atoms with Crippen LogP contribution in [0.25, 0.3) is 0 Å². The van der Waals surface area contributed by atoms with Gasteiger partial charge in [0, 0.05) is 6.54 Å². The van der Waals surface area contributed by atoms with E-state index >= 15 is 0 Å². The van der Waals surface area contributed by atoms with Gasteiger partial charge in [-0.15, -0.1) is 0 Å². The predicted molar refractivity (Wildman–Crippen MR) is 108 cm³/mol. The average Bonchev–Trinajstić information content (AvgIpc) is 2.64. The monoisotopic (exact) mass is 377 g/mol. The summed E-state index contributed by atoms with van der Waals surface area (Å²) in [4.78, 5) is 26.8. The van der Waals surface area contributed by atoms with Crippen LogP contribution in [0.2, 0.25) is 0 Å². The quantitative estimate of drug-likeness (QED) is 0.486. The van der Waals surface area contributed by atoms with Gasteiger partial charge in [-0.1, -0.05) is 58.6 Å². The van der Waals surface area contributed by atoms with Crippen LogP contribution in [-0.2, 0) is 16.0 Å². The fourth-order valence-corrected chi connectivity index (χ4v) is 3.25. The van der Waals surface area contributed by atoms with E-state index in [0.717, 1.165) is 37.7 Å². The van der Waals surface area contributed by atoms with Crippen molar-refractivity contribution in [2.75, 3.05) is 6.54 Å². The molecule has 0 radical (unpaired) electrons. The number of hydrogen-bond acceptors (Lipinski definition) is 4. The smallest absolute Gasteiger partial charge is 0.240 e. The number of nitrogens with zero attached hydrogens (tertiary/aromatic N) is 1. The number of nitrogens with two attached hydrogens (primary N) is 2. The van der Waals surface area contributed by atoms with Crippen molar-refractivity contribution in [1.82, 2.24) is 4.90 Å². The minimum Gasteiger partial charge on any atom is -0.508 e. The standard InChI is InChI=1S/C21H35N3O3/c1-4-6-7-8-13-24(19(20(23)26)15(3)5-2)21(27)18(22)14-16-9-11-17(25)12-10-16/h9-12,15,18-19,25H,4-8,13-14,22H2,1-3H3,(H2,23,26). The Morgan fingerprint density at radius 3 is 2.26 bits per heavy atom. The summed E-state index contributed by atoms with van der Waals surface area (Å²) in [7, 11) is 0. The maximum atomic E-state index is 13.1. The summed E-state index contributed by atoms with van der Waals surface area (Å²) in [6.45, 7) is 6.53. The van der Waals surface area contributed by atoms with Gasteiger partial charge in [0.15, 0.2) is 0 Å². The van der Waals surface area contributed by atoms with Crippen molar-refractivity contribution in [3.05, 3.63) is 29.8 Å². The highest BCUT2D eigenvalue weighted by Crippen LogP contribution is 2.18. The van der Waals surface area contributed by atoms with Gasteiger partial charge in [-0.25, -0.2) is 0 Å². The molecule has 0 saturated carbocycles. The van der Waals surface area contributed by atoms with Crippen molar-refractivity contribution in [2.24, 2.45) is 17.4 Å². The van der Waals surface area contributed by atoms with Crippen molar-refractivity contribution < 1.29 is 14.7 Å². The summed E-state index contributed by atoms with van der Waals surface area (Å²) in [5.74, 6) is -0.589. The van der Waals surface area contributed by atoms with E-state index in [1.54, 1.807) is 29.2 Å². The first-order valence-corrected chi connectivity index (χ1v) is 9.95. The number of carbonyl (C=O) groups is 2. The zero-order valence-corrected chi connectivity index (χ0v) is 16.9. The zero-order valence-electron chi connectivity index (χ0n) is 16.9. The number of aromatic hydroxyl groups is 1. The molecule has 6 nitrogen and oxygen atoms in total. The Bertz CT molecular complexity index is 589. The SMILES string of the molecule is CCCCCCN(C(=O)C(N)Cc1ccc(O)cc1)C(C(N)=O)C(C)CC. The first-order valence-electron chi connectivity index (χ1n) is 9.95. The topological polar surface area (TPSA) is 110 Å². The molecule has 152 valence electrons. The van der Waals surface area contributed by atoms with Crippen LogP contribution in [0.15, 0.2) is 24.3 Å². The maximum Gasteiger partial charge on any atom is 0.240 e. The summed E-state index contributed by atoms with van der Waals surface area (Å²) >= 11 is 0. The lowest BCUT2D eigenvalue weighted by Gasteiger charge is -2.35. The Hall–Kier alpha value is -2.08. The van der Waals surface area contributed by atoms with Crippen LogP contribution >= 0.6 is 0 Å². The summed E-state index contributed by atoms with van der Waals surface area (Å²) in [5, 5.41) is 9.39. The van der Waals surface area contributed by atoms with Crippen LogP contribution in [0, 0.1) is 5.92 Å². The number of unbranched alkanes of at least 4 members (excludes halogenated alkanes) is 3. The van der Waals surface area contributed by atoms with Gasteiger partial charge in [-0.05, 0) is 36.5 Å². The largest absolute Gasteiger partial charge is 0.508 e. The normalized spacial score (nSPS) is 14.4. The van der Waals surface area contributed by atoms with Gasteiger partial charge in [0.2, 0.25) is 11.8 Å². The number of rotatable bonds is 12. The molecule has 0 fully saturated rings. The summed E-state index contributed by atoms with van der Waals surface area (Å²) < 4.78 is 0. The number of amides is 2. The van der Waals surface area contributed by atoms with Crippen molar-refractivity contribution in [3.8, 4) is 5.75 Å². The Balaban J connectivity index is 2.94. The van der Waals surface area contributed by atoms with Crippen LogP contribution in [0.3, 0.4) is 0 Å². The molecular formula is C21H35N3O3. The molecule has 1 rings (SSSR count). The molecule has 0 aromatic heterocycles. The zero-order chi connectivity index (χ0) is 20.4. The molecule has 0 aliphatic carbocycles. The minimum absolute atomic E-state index is 0.0292. The van der Waals surface area contributed by atoms with E-state index in [1.165, 1.54) is 0 Å².